The molecule has 0 unspecified atom stereocenters. The maximum Gasteiger partial charge on any atom is 0.341 e. The number of thioether (sulfide) groups is 1. The summed E-state index contributed by atoms with van der Waals surface area (Å²) in [4.78, 5) is 20.7. The zero-order valence-electron chi connectivity index (χ0n) is 11.3. The molecule has 0 fully saturated rings. The predicted octanol–water partition coefficient (Wildman–Crippen LogP) is 3.77. The van der Waals surface area contributed by atoms with Crippen LogP contribution in [0.15, 0.2) is 47.6 Å². The number of hydrogen-bond donors (Lipinski definition) is 0. The molecule has 0 N–H and O–H groups in total. The molecule has 0 saturated carbocycles. The van der Waals surface area contributed by atoms with Gasteiger partial charge in [-0.3, -0.25) is 0 Å². The van der Waals surface area contributed by atoms with Crippen LogP contribution in [0.3, 0.4) is 0 Å². The maximum atomic E-state index is 12.1. The third kappa shape index (κ3) is 3.06. The van der Waals surface area contributed by atoms with Crippen LogP contribution in [0.5, 0.6) is 0 Å². The first-order valence-electron chi connectivity index (χ1n) is 6.28. The number of esters is 1. The van der Waals surface area contributed by atoms with Gasteiger partial charge in [-0.25, -0.2) is 14.8 Å². The Kier molecular flexibility index (Phi) is 4.17. The lowest BCUT2D eigenvalue weighted by Crippen LogP contribution is -2.07. The number of thiazole rings is 1. The number of aromatic nitrogens is 2. The van der Waals surface area contributed by atoms with E-state index >= 15 is 0 Å². The lowest BCUT2D eigenvalue weighted by atomic mass is 10.3. The summed E-state index contributed by atoms with van der Waals surface area (Å²) in [7, 11) is 0. The predicted molar refractivity (Wildman–Crippen MR) is 84.8 cm³/mol. The Labute approximate surface area is 130 Å². The van der Waals surface area contributed by atoms with Gasteiger partial charge in [0, 0.05) is 6.20 Å². The van der Waals surface area contributed by atoms with Gasteiger partial charge in [0.1, 0.15) is 16.6 Å². The van der Waals surface area contributed by atoms with Crippen molar-refractivity contribution in [3.05, 3.63) is 53.2 Å². The number of benzene rings is 1. The van der Waals surface area contributed by atoms with Crippen LogP contribution in [0.25, 0.3) is 10.2 Å². The zero-order chi connectivity index (χ0) is 14.7. The van der Waals surface area contributed by atoms with Gasteiger partial charge in [0.05, 0.1) is 15.8 Å². The molecule has 0 bridgehead atoms. The minimum atomic E-state index is -0.369. The molecule has 4 nitrogen and oxygen atoms in total. The van der Waals surface area contributed by atoms with Crippen molar-refractivity contribution >= 4 is 39.3 Å². The van der Waals surface area contributed by atoms with Gasteiger partial charge < -0.3 is 4.74 Å². The Morgan fingerprint density at radius 3 is 2.95 bits per heavy atom. The Morgan fingerprint density at radius 1 is 1.29 bits per heavy atom. The fraction of sp³-hybridized carbons (Fsp3) is 0.133. The molecular weight excluding hydrogens is 304 g/mol. The summed E-state index contributed by atoms with van der Waals surface area (Å²) in [5, 5.41) is 1.46. The number of ether oxygens (including phenoxy) is 1. The van der Waals surface area contributed by atoms with Crippen LogP contribution in [0.4, 0.5) is 0 Å². The van der Waals surface area contributed by atoms with E-state index in [0.717, 1.165) is 15.2 Å². The zero-order valence-corrected chi connectivity index (χ0v) is 12.9. The van der Waals surface area contributed by atoms with Gasteiger partial charge in [-0.15, -0.1) is 23.1 Å². The molecule has 3 rings (SSSR count). The maximum absolute atomic E-state index is 12.1. The van der Waals surface area contributed by atoms with Gasteiger partial charge >= 0.3 is 5.97 Å². The highest BCUT2D eigenvalue weighted by molar-refractivity contribution is 7.98. The lowest BCUT2D eigenvalue weighted by molar-refractivity contribution is 0.0467. The molecule has 0 aliphatic heterocycles. The second-order valence-corrected chi connectivity index (χ2v) is 6.12. The summed E-state index contributed by atoms with van der Waals surface area (Å²) in [5.41, 5.74) is 1.42. The highest BCUT2D eigenvalue weighted by Gasteiger charge is 2.14. The average Bonchev–Trinajstić information content (AvgIpc) is 2.95. The standard InChI is InChI=1S/C15H12N2O2S2/c1-20-14-10(5-4-8-16-14)15(18)19-9-13-17-11-6-2-3-7-12(11)21-13/h2-8H,9H2,1H3. The normalized spacial score (nSPS) is 10.7. The monoisotopic (exact) mass is 316 g/mol. The van der Waals surface area contributed by atoms with E-state index in [-0.39, 0.29) is 12.6 Å². The minimum absolute atomic E-state index is 0.181. The first kappa shape index (κ1) is 14.0. The summed E-state index contributed by atoms with van der Waals surface area (Å²) in [6.07, 6.45) is 3.54. The lowest BCUT2D eigenvalue weighted by Gasteiger charge is -2.05. The number of rotatable bonds is 4. The second-order valence-electron chi connectivity index (χ2n) is 4.21. The first-order chi connectivity index (χ1) is 10.3. The summed E-state index contributed by atoms with van der Waals surface area (Å²) in [6, 6.07) is 11.3. The van der Waals surface area contributed by atoms with Crippen molar-refractivity contribution in [2.24, 2.45) is 0 Å². The van der Waals surface area contributed by atoms with Gasteiger partial charge in [0.25, 0.3) is 0 Å². The highest BCUT2D eigenvalue weighted by Crippen LogP contribution is 2.23. The molecule has 106 valence electrons. The van der Waals surface area contributed by atoms with E-state index in [1.54, 1.807) is 18.3 Å². The molecule has 0 radical (unpaired) electrons. The molecule has 0 amide bonds. The van der Waals surface area contributed by atoms with Crippen LogP contribution >= 0.6 is 23.1 Å². The largest absolute Gasteiger partial charge is 0.455 e. The number of fused-ring (bicyclic) bond motifs is 1. The van der Waals surface area contributed by atoms with Crippen LogP contribution in [0.1, 0.15) is 15.4 Å². The fourth-order valence-electron chi connectivity index (χ4n) is 1.90. The smallest absolute Gasteiger partial charge is 0.341 e. The number of para-hydroxylation sites is 1. The third-order valence-electron chi connectivity index (χ3n) is 2.85. The van der Waals surface area contributed by atoms with Crippen molar-refractivity contribution in [2.45, 2.75) is 11.6 Å². The average molecular weight is 316 g/mol. The number of carbonyl (C=O) groups is 1. The molecule has 0 atom stereocenters. The number of carbonyl (C=O) groups excluding carboxylic acids is 1. The fourth-order valence-corrected chi connectivity index (χ4v) is 3.31. The number of hydrogen-bond acceptors (Lipinski definition) is 6. The van der Waals surface area contributed by atoms with Gasteiger partial charge in [0.2, 0.25) is 0 Å². The number of nitrogens with zero attached hydrogens (tertiary/aromatic N) is 2. The molecule has 0 aliphatic rings. The summed E-state index contributed by atoms with van der Waals surface area (Å²) < 4.78 is 6.43. The van der Waals surface area contributed by atoms with Crippen molar-refractivity contribution < 1.29 is 9.53 Å². The molecule has 2 heterocycles. The van der Waals surface area contributed by atoms with Crippen molar-refractivity contribution in [1.82, 2.24) is 9.97 Å². The Morgan fingerprint density at radius 2 is 2.14 bits per heavy atom. The molecule has 21 heavy (non-hydrogen) atoms. The van der Waals surface area contributed by atoms with E-state index in [2.05, 4.69) is 9.97 Å². The molecule has 1 aromatic carbocycles. The van der Waals surface area contributed by atoms with Crippen LogP contribution in [0.2, 0.25) is 0 Å². The van der Waals surface area contributed by atoms with Crippen molar-refractivity contribution in [3.63, 3.8) is 0 Å². The van der Waals surface area contributed by atoms with Crippen molar-refractivity contribution in [2.75, 3.05) is 6.26 Å². The Balaban J connectivity index is 1.73. The van der Waals surface area contributed by atoms with Crippen LogP contribution < -0.4 is 0 Å². The van der Waals surface area contributed by atoms with E-state index < -0.39 is 0 Å². The first-order valence-corrected chi connectivity index (χ1v) is 8.32. The summed E-state index contributed by atoms with van der Waals surface area (Å²) >= 11 is 2.96. The molecule has 0 spiro atoms. The summed E-state index contributed by atoms with van der Waals surface area (Å²) in [5.74, 6) is -0.369. The minimum Gasteiger partial charge on any atom is -0.455 e. The van der Waals surface area contributed by atoms with Crippen LogP contribution in [-0.2, 0) is 11.3 Å². The van der Waals surface area contributed by atoms with Gasteiger partial charge in [-0.2, -0.15) is 0 Å². The summed E-state index contributed by atoms with van der Waals surface area (Å²) in [6.45, 7) is 0.181. The van der Waals surface area contributed by atoms with Gasteiger partial charge in [0.15, 0.2) is 0 Å². The molecule has 2 aromatic heterocycles. The van der Waals surface area contributed by atoms with Crippen LogP contribution in [-0.4, -0.2) is 22.2 Å². The highest BCUT2D eigenvalue weighted by atomic mass is 32.2. The van der Waals surface area contributed by atoms with Gasteiger partial charge in [-0.05, 0) is 30.5 Å². The molecule has 3 aromatic rings. The Bertz CT molecular complexity index is 753. The third-order valence-corrected chi connectivity index (χ3v) is 4.57. The topological polar surface area (TPSA) is 52.1 Å². The SMILES string of the molecule is CSc1ncccc1C(=O)OCc1nc2ccccc2s1. The quantitative estimate of drug-likeness (QED) is 0.542. The molecule has 0 saturated heterocycles. The number of pyridine rings is 1. The van der Waals surface area contributed by atoms with E-state index in [1.807, 2.05) is 30.5 Å². The molecule has 0 aliphatic carbocycles. The second kappa shape index (κ2) is 6.24. The van der Waals surface area contributed by atoms with E-state index in [0.29, 0.717) is 10.6 Å². The van der Waals surface area contributed by atoms with Crippen molar-refractivity contribution in [1.29, 1.82) is 0 Å². The van der Waals surface area contributed by atoms with Gasteiger partial charge in [-0.1, -0.05) is 12.1 Å². The molecular formula is C15H12N2O2S2. The van der Waals surface area contributed by atoms with E-state index in [1.165, 1.54) is 23.1 Å². The van der Waals surface area contributed by atoms with Crippen LogP contribution in [0, 0.1) is 0 Å². The van der Waals surface area contributed by atoms with E-state index in [4.69, 9.17) is 4.74 Å². The molecule has 6 heteroatoms. The van der Waals surface area contributed by atoms with E-state index in [9.17, 15) is 4.79 Å². The van der Waals surface area contributed by atoms with Crippen molar-refractivity contribution in [3.8, 4) is 0 Å². The Hall–Kier alpha value is -1.92.